The molecule has 0 aliphatic rings. The molecule has 4 nitrogen and oxygen atoms in total. The molecule has 0 aliphatic carbocycles. The van der Waals surface area contributed by atoms with Gasteiger partial charge in [-0.15, -0.1) is 0 Å². The first-order valence-corrected chi connectivity index (χ1v) is 6.30. The summed E-state index contributed by atoms with van der Waals surface area (Å²) in [5.41, 5.74) is 0.467. The van der Waals surface area contributed by atoms with E-state index in [4.69, 9.17) is 0 Å². The molecular weight excluding hydrogens is 313 g/mol. The normalized spacial score (nSPS) is 10.1. The Hall–Kier alpha value is -1.95. The molecule has 1 amide bonds. The van der Waals surface area contributed by atoms with Gasteiger partial charge in [-0.2, -0.15) is 0 Å². The molecule has 0 spiro atoms. The molecule has 0 saturated heterocycles. The van der Waals surface area contributed by atoms with E-state index in [2.05, 4.69) is 31.5 Å². The smallest absolute Gasteiger partial charge is 0.259 e. The topological polar surface area (TPSA) is 54.0 Å². The monoisotopic (exact) mass is 323 g/mol. The molecule has 0 unspecified atom stereocenters. The van der Waals surface area contributed by atoms with E-state index in [1.807, 2.05) is 0 Å². The second-order valence-electron chi connectivity index (χ2n) is 3.73. The van der Waals surface area contributed by atoms with Gasteiger partial charge in [0.15, 0.2) is 0 Å². The summed E-state index contributed by atoms with van der Waals surface area (Å²) < 4.78 is 14.1. The number of pyridine rings is 1. The average molecular weight is 324 g/mol. The molecule has 98 valence electrons. The van der Waals surface area contributed by atoms with Crippen LogP contribution in [0.2, 0.25) is 0 Å². The van der Waals surface area contributed by atoms with E-state index in [9.17, 15) is 9.18 Å². The number of amides is 1. The number of halogens is 2. The highest BCUT2D eigenvalue weighted by Crippen LogP contribution is 2.20. The SMILES string of the molecule is CNc1ncc(Br)cc1C(=O)Nc1ccccc1F. The van der Waals surface area contributed by atoms with E-state index in [0.717, 1.165) is 0 Å². The molecule has 2 rings (SSSR count). The largest absolute Gasteiger partial charge is 0.372 e. The summed E-state index contributed by atoms with van der Waals surface area (Å²) in [4.78, 5) is 16.2. The lowest BCUT2D eigenvalue weighted by Crippen LogP contribution is -2.15. The lowest BCUT2D eigenvalue weighted by atomic mass is 10.2. The zero-order valence-electron chi connectivity index (χ0n) is 10.1. The molecule has 0 radical (unpaired) electrons. The van der Waals surface area contributed by atoms with Crippen LogP contribution in [-0.4, -0.2) is 17.9 Å². The van der Waals surface area contributed by atoms with Crippen LogP contribution >= 0.6 is 15.9 Å². The fourth-order valence-corrected chi connectivity index (χ4v) is 1.90. The van der Waals surface area contributed by atoms with E-state index in [0.29, 0.717) is 15.9 Å². The molecule has 1 aromatic carbocycles. The number of para-hydroxylation sites is 1. The molecule has 0 bridgehead atoms. The highest BCUT2D eigenvalue weighted by atomic mass is 79.9. The maximum Gasteiger partial charge on any atom is 0.259 e. The number of nitrogens with zero attached hydrogens (tertiary/aromatic N) is 1. The first kappa shape index (κ1) is 13.5. The fourth-order valence-electron chi connectivity index (χ4n) is 1.56. The van der Waals surface area contributed by atoms with Crippen LogP contribution in [0.4, 0.5) is 15.9 Å². The lowest BCUT2D eigenvalue weighted by Gasteiger charge is -2.10. The van der Waals surface area contributed by atoms with Gasteiger partial charge in [-0.05, 0) is 34.1 Å². The van der Waals surface area contributed by atoms with Gasteiger partial charge in [-0.3, -0.25) is 4.79 Å². The van der Waals surface area contributed by atoms with Gasteiger partial charge in [0.05, 0.1) is 11.3 Å². The van der Waals surface area contributed by atoms with Crippen molar-refractivity contribution in [2.75, 3.05) is 17.7 Å². The Kier molecular flexibility index (Phi) is 4.11. The summed E-state index contributed by atoms with van der Waals surface area (Å²) in [6.07, 6.45) is 1.58. The lowest BCUT2D eigenvalue weighted by molar-refractivity contribution is 0.102. The Morgan fingerprint density at radius 2 is 2.11 bits per heavy atom. The third-order valence-electron chi connectivity index (χ3n) is 2.46. The van der Waals surface area contributed by atoms with Crippen LogP contribution < -0.4 is 10.6 Å². The Labute approximate surface area is 118 Å². The van der Waals surface area contributed by atoms with E-state index in [1.165, 1.54) is 12.1 Å². The molecule has 6 heteroatoms. The van der Waals surface area contributed by atoms with Crippen molar-refractivity contribution < 1.29 is 9.18 Å². The number of carbonyl (C=O) groups excluding carboxylic acids is 1. The summed E-state index contributed by atoms with van der Waals surface area (Å²) in [7, 11) is 1.66. The van der Waals surface area contributed by atoms with Gasteiger partial charge >= 0.3 is 0 Å². The van der Waals surface area contributed by atoms with E-state index < -0.39 is 11.7 Å². The minimum absolute atomic E-state index is 0.134. The average Bonchev–Trinajstić information content (AvgIpc) is 2.41. The van der Waals surface area contributed by atoms with Crippen molar-refractivity contribution >= 4 is 33.3 Å². The Balaban J connectivity index is 2.30. The number of rotatable bonds is 3. The second-order valence-corrected chi connectivity index (χ2v) is 4.65. The minimum Gasteiger partial charge on any atom is -0.372 e. The van der Waals surface area contributed by atoms with Gasteiger partial charge in [0, 0.05) is 17.7 Å². The molecule has 1 aromatic heterocycles. The van der Waals surface area contributed by atoms with Crippen molar-refractivity contribution in [2.45, 2.75) is 0 Å². The molecule has 1 heterocycles. The van der Waals surface area contributed by atoms with Crippen molar-refractivity contribution in [3.63, 3.8) is 0 Å². The maximum absolute atomic E-state index is 13.5. The van der Waals surface area contributed by atoms with Crippen molar-refractivity contribution in [2.24, 2.45) is 0 Å². The first-order chi connectivity index (χ1) is 9.11. The number of hydrogen-bond acceptors (Lipinski definition) is 3. The van der Waals surface area contributed by atoms with Crippen LogP contribution in [-0.2, 0) is 0 Å². The fraction of sp³-hybridized carbons (Fsp3) is 0.0769. The standard InChI is InChI=1S/C13H11BrFN3O/c1-16-12-9(6-8(14)7-17-12)13(19)18-11-5-3-2-4-10(11)15/h2-7H,1H3,(H,16,17)(H,18,19). The molecule has 0 aliphatic heterocycles. The Bertz CT molecular complexity index is 619. The molecule has 2 N–H and O–H groups in total. The third-order valence-corrected chi connectivity index (χ3v) is 2.89. The summed E-state index contributed by atoms with van der Waals surface area (Å²) in [6, 6.07) is 7.61. The Morgan fingerprint density at radius 1 is 1.37 bits per heavy atom. The maximum atomic E-state index is 13.5. The van der Waals surface area contributed by atoms with Crippen molar-refractivity contribution in [3.05, 3.63) is 52.4 Å². The predicted molar refractivity (Wildman–Crippen MR) is 75.8 cm³/mol. The van der Waals surface area contributed by atoms with Crippen LogP contribution in [0.15, 0.2) is 41.0 Å². The zero-order chi connectivity index (χ0) is 13.8. The van der Waals surface area contributed by atoms with Gasteiger partial charge in [0.1, 0.15) is 11.6 Å². The number of anilines is 2. The van der Waals surface area contributed by atoms with Crippen LogP contribution in [0.5, 0.6) is 0 Å². The van der Waals surface area contributed by atoms with E-state index in [-0.39, 0.29) is 5.69 Å². The number of nitrogens with one attached hydrogen (secondary N) is 2. The summed E-state index contributed by atoms with van der Waals surface area (Å²) >= 11 is 3.25. The molecular formula is C13H11BrFN3O. The van der Waals surface area contributed by atoms with E-state index >= 15 is 0 Å². The minimum atomic E-state index is -0.482. The summed E-state index contributed by atoms with van der Waals surface area (Å²) in [5.74, 6) is -0.481. The van der Waals surface area contributed by atoms with Crippen molar-refractivity contribution in [3.8, 4) is 0 Å². The predicted octanol–water partition coefficient (Wildman–Crippen LogP) is 3.28. The van der Waals surface area contributed by atoms with Crippen LogP contribution in [0, 0.1) is 5.82 Å². The highest BCUT2D eigenvalue weighted by Gasteiger charge is 2.14. The number of carbonyl (C=O) groups is 1. The summed E-state index contributed by atoms with van der Waals surface area (Å²) in [6.45, 7) is 0. The third kappa shape index (κ3) is 3.08. The highest BCUT2D eigenvalue weighted by molar-refractivity contribution is 9.10. The molecule has 0 saturated carbocycles. The van der Waals surface area contributed by atoms with Gasteiger partial charge in [-0.1, -0.05) is 12.1 Å². The van der Waals surface area contributed by atoms with Crippen LogP contribution in [0.25, 0.3) is 0 Å². The van der Waals surface area contributed by atoms with Crippen LogP contribution in [0.1, 0.15) is 10.4 Å². The molecule has 2 aromatic rings. The quantitative estimate of drug-likeness (QED) is 0.911. The molecule has 19 heavy (non-hydrogen) atoms. The molecule has 0 atom stereocenters. The second kappa shape index (κ2) is 5.79. The molecule has 0 fully saturated rings. The van der Waals surface area contributed by atoms with Gasteiger partial charge < -0.3 is 10.6 Å². The van der Waals surface area contributed by atoms with Gasteiger partial charge in [0.25, 0.3) is 5.91 Å². The van der Waals surface area contributed by atoms with E-state index in [1.54, 1.807) is 31.4 Å². The van der Waals surface area contributed by atoms with Crippen molar-refractivity contribution in [1.82, 2.24) is 4.98 Å². The first-order valence-electron chi connectivity index (χ1n) is 5.51. The van der Waals surface area contributed by atoms with Crippen LogP contribution in [0.3, 0.4) is 0 Å². The number of aromatic nitrogens is 1. The van der Waals surface area contributed by atoms with Gasteiger partial charge in [-0.25, -0.2) is 9.37 Å². The van der Waals surface area contributed by atoms with Crippen molar-refractivity contribution in [1.29, 1.82) is 0 Å². The zero-order valence-corrected chi connectivity index (χ0v) is 11.7. The number of hydrogen-bond donors (Lipinski definition) is 2. The number of benzene rings is 1. The Morgan fingerprint density at radius 3 is 2.79 bits per heavy atom. The van der Waals surface area contributed by atoms with Gasteiger partial charge in [0.2, 0.25) is 0 Å². The summed E-state index contributed by atoms with van der Waals surface area (Å²) in [5, 5.41) is 5.33.